The molecule has 3 rings (SSSR count). The van der Waals surface area contributed by atoms with E-state index in [4.69, 9.17) is 10.5 Å². The second-order valence-corrected chi connectivity index (χ2v) is 7.06. The monoisotopic (exact) mass is 357 g/mol. The van der Waals surface area contributed by atoms with Crippen LogP contribution in [0.3, 0.4) is 0 Å². The predicted molar refractivity (Wildman–Crippen MR) is 105 cm³/mol. The van der Waals surface area contributed by atoms with Crippen molar-refractivity contribution in [1.29, 1.82) is 0 Å². The molecule has 0 spiro atoms. The molecular formula is C20H31N5O. The van der Waals surface area contributed by atoms with Crippen LogP contribution < -0.4 is 10.5 Å². The highest BCUT2D eigenvalue weighted by molar-refractivity contribution is 5.28. The van der Waals surface area contributed by atoms with Crippen LogP contribution in [0.1, 0.15) is 38.4 Å². The summed E-state index contributed by atoms with van der Waals surface area (Å²) >= 11 is 0. The van der Waals surface area contributed by atoms with Gasteiger partial charge in [-0.1, -0.05) is 12.2 Å². The molecule has 6 nitrogen and oxygen atoms in total. The van der Waals surface area contributed by atoms with E-state index in [1.165, 1.54) is 5.70 Å². The summed E-state index contributed by atoms with van der Waals surface area (Å²) in [6.45, 7) is 9.11. The first-order valence-electron chi connectivity index (χ1n) is 9.58. The maximum Gasteiger partial charge on any atom is 0.301 e. The molecule has 2 aliphatic rings. The van der Waals surface area contributed by atoms with Crippen LogP contribution in [0.4, 0.5) is 0 Å². The Bertz CT molecular complexity index is 693. The molecule has 142 valence electrons. The lowest BCUT2D eigenvalue weighted by Crippen LogP contribution is -2.43. The van der Waals surface area contributed by atoms with Crippen molar-refractivity contribution >= 4 is 0 Å². The van der Waals surface area contributed by atoms with Crippen molar-refractivity contribution in [2.75, 3.05) is 33.2 Å². The van der Waals surface area contributed by atoms with Crippen molar-refractivity contribution in [3.8, 4) is 6.01 Å². The zero-order chi connectivity index (χ0) is 18.5. The van der Waals surface area contributed by atoms with Crippen LogP contribution in [0.5, 0.6) is 6.01 Å². The van der Waals surface area contributed by atoms with Crippen LogP contribution >= 0.6 is 0 Å². The summed E-state index contributed by atoms with van der Waals surface area (Å²) in [5.74, 6) is 0.955. The van der Waals surface area contributed by atoms with Gasteiger partial charge in [0.2, 0.25) is 0 Å². The standard InChI is InChI=1S/C20H31N5O/c1-4-25-19(16(2)21)15-22-20(25)26-18-9-7-5-6-8-17(14-18)24-12-10-23(3)11-13-24/h5-6,8,14-16H,4,7,9-13,21H2,1-3H3/b6-5-,17-8+,18-14+. The van der Waals surface area contributed by atoms with Gasteiger partial charge >= 0.3 is 6.01 Å². The number of ether oxygens (including phenoxy) is 1. The average Bonchev–Trinajstić information content (AvgIpc) is 3.01. The van der Waals surface area contributed by atoms with E-state index in [2.05, 4.69) is 57.6 Å². The molecule has 0 amide bonds. The van der Waals surface area contributed by atoms with E-state index in [0.717, 1.165) is 57.0 Å². The van der Waals surface area contributed by atoms with Crippen LogP contribution in [-0.4, -0.2) is 52.6 Å². The van der Waals surface area contributed by atoms with Gasteiger partial charge in [0, 0.05) is 50.9 Å². The summed E-state index contributed by atoms with van der Waals surface area (Å²) < 4.78 is 8.29. The van der Waals surface area contributed by atoms with Crippen LogP contribution in [0.25, 0.3) is 0 Å². The number of rotatable bonds is 5. The Hall–Kier alpha value is -2.05. The van der Waals surface area contributed by atoms with E-state index in [-0.39, 0.29) is 6.04 Å². The summed E-state index contributed by atoms with van der Waals surface area (Å²) in [7, 11) is 2.18. The maximum atomic E-state index is 6.23. The molecule has 0 aromatic carbocycles. The molecule has 2 N–H and O–H groups in total. The normalized spacial score (nSPS) is 25.5. The number of piperazine rings is 1. The Morgan fingerprint density at radius 2 is 2.04 bits per heavy atom. The molecule has 2 heterocycles. The highest BCUT2D eigenvalue weighted by Crippen LogP contribution is 2.24. The third-order valence-electron chi connectivity index (χ3n) is 4.99. The third kappa shape index (κ3) is 4.37. The predicted octanol–water partition coefficient (Wildman–Crippen LogP) is 2.67. The zero-order valence-corrected chi connectivity index (χ0v) is 16.2. The second kappa shape index (κ2) is 8.56. The highest BCUT2D eigenvalue weighted by atomic mass is 16.5. The van der Waals surface area contributed by atoms with Gasteiger partial charge < -0.3 is 20.3 Å². The minimum Gasteiger partial charge on any atom is -0.430 e. The first-order chi connectivity index (χ1) is 12.6. The molecule has 1 aliphatic heterocycles. The lowest BCUT2D eigenvalue weighted by molar-refractivity contribution is 0.189. The van der Waals surface area contributed by atoms with Crippen LogP contribution in [0.2, 0.25) is 0 Å². The van der Waals surface area contributed by atoms with Gasteiger partial charge in [-0.25, -0.2) is 4.98 Å². The lowest BCUT2D eigenvalue weighted by Gasteiger charge is -2.35. The van der Waals surface area contributed by atoms with Gasteiger partial charge in [0.05, 0.1) is 11.9 Å². The molecule has 1 atom stereocenters. The van der Waals surface area contributed by atoms with E-state index in [1.807, 2.05) is 13.1 Å². The van der Waals surface area contributed by atoms with Crippen molar-refractivity contribution < 1.29 is 4.74 Å². The molecule has 0 bridgehead atoms. The summed E-state index contributed by atoms with van der Waals surface area (Å²) in [6.07, 6.45) is 12.4. The van der Waals surface area contributed by atoms with E-state index in [0.29, 0.717) is 6.01 Å². The number of nitrogens with two attached hydrogens (primary N) is 1. The Kier molecular flexibility index (Phi) is 6.16. The maximum absolute atomic E-state index is 6.23. The van der Waals surface area contributed by atoms with Gasteiger partial charge in [0.1, 0.15) is 5.76 Å². The summed E-state index contributed by atoms with van der Waals surface area (Å²) in [6, 6.07) is 0.572. The second-order valence-electron chi connectivity index (χ2n) is 7.06. The fourth-order valence-corrected chi connectivity index (χ4v) is 3.37. The molecule has 1 fully saturated rings. The summed E-state index contributed by atoms with van der Waals surface area (Å²) in [5.41, 5.74) is 8.27. The highest BCUT2D eigenvalue weighted by Gasteiger charge is 2.18. The number of nitrogens with zero attached hydrogens (tertiary/aromatic N) is 4. The van der Waals surface area contributed by atoms with Gasteiger partial charge in [-0.2, -0.15) is 0 Å². The molecule has 1 aromatic rings. The number of imidazole rings is 1. The van der Waals surface area contributed by atoms with Gasteiger partial charge in [-0.3, -0.25) is 4.57 Å². The molecule has 1 aromatic heterocycles. The number of allylic oxidation sites excluding steroid dienone is 5. The van der Waals surface area contributed by atoms with Gasteiger partial charge in [0.15, 0.2) is 0 Å². The van der Waals surface area contributed by atoms with Gasteiger partial charge in [-0.15, -0.1) is 0 Å². The van der Waals surface area contributed by atoms with E-state index in [1.54, 1.807) is 0 Å². The van der Waals surface area contributed by atoms with E-state index < -0.39 is 0 Å². The third-order valence-corrected chi connectivity index (χ3v) is 4.99. The Morgan fingerprint density at radius 3 is 2.73 bits per heavy atom. The Labute approximate surface area is 156 Å². The molecule has 26 heavy (non-hydrogen) atoms. The van der Waals surface area contributed by atoms with Crippen molar-refractivity contribution in [3.05, 3.63) is 47.7 Å². The van der Waals surface area contributed by atoms with Crippen molar-refractivity contribution in [3.63, 3.8) is 0 Å². The van der Waals surface area contributed by atoms with E-state index >= 15 is 0 Å². The molecule has 1 unspecified atom stereocenters. The van der Waals surface area contributed by atoms with E-state index in [9.17, 15) is 0 Å². The number of aromatic nitrogens is 2. The SMILES string of the molecule is CCn1c(C(C)N)cnc1O/C1=C/C(N2CCN(C)CC2)=C\C=C/CC1. The van der Waals surface area contributed by atoms with Crippen LogP contribution in [-0.2, 0) is 6.54 Å². The molecular weight excluding hydrogens is 326 g/mol. The van der Waals surface area contributed by atoms with Crippen LogP contribution in [0.15, 0.2) is 42.0 Å². The first-order valence-corrected chi connectivity index (χ1v) is 9.58. The summed E-state index contributed by atoms with van der Waals surface area (Å²) in [5, 5.41) is 0. The number of likely N-dealkylation sites (N-methyl/N-ethyl adjacent to an activating group) is 1. The zero-order valence-electron chi connectivity index (χ0n) is 16.2. The molecule has 1 aliphatic carbocycles. The smallest absolute Gasteiger partial charge is 0.301 e. The first kappa shape index (κ1) is 18.7. The van der Waals surface area contributed by atoms with Crippen molar-refractivity contribution in [2.45, 2.75) is 39.3 Å². The fourth-order valence-electron chi connectivity index (χ4n) is 3.37. The minimum absolute atomic E-state index is 0.0603. The quantitative estimate of drug-likeness (QED) is 0.878. The molecule has 6 heteroatoms. The molecule has 0 saturated carbocycles. The number of hydrogen-bond donors (Lipinski definition) is 1. The van der Waals surface area contributed by atoms with Gasteiger partial charge in [0.25, 0.3) is 0 Å². The average molecular weight is 358 g/mol. The van der Waals surface area contributed by atoms with Gasteiger partial charge in [-0.05, 0) is 39.5 Å². The molecule has 1 saturated heterocycles. The van der Waals surface area contributed by atoms with Crippen molar-refractivity contribution in [1.82, 2.24) is 19.4 Å². The van der Waals surface area contributed by atoms with Crippen molar-refractivity contribution in [2.24, 2.45) is 5.73 Å². The van der Waals surface area contributed by atoms with Crippen LogP contribution in [0, 0.1) is 0 Å². The summed E-state index contributed by atoms with van der Waals surface area (Å²) in [4.78, 5) is 9.26. The lowest BCUT2D eigenvalue weighted by atomic mass is 10.1. The fraction of sp³-hybridized carbons (Fsp3) is 0.550. The Morgan fingerprint density at radius 1 is 1.27 bits per heavy atom. The molecule has 0 radical (unpaired) electrons. The topological polar surface area (TPSA) is 59.6 Å². The number of hydrogen-bond acceptors (Lipinski definition) is 5. The minimum atomic E-state index is -0.0603. The Balaban J connectivity index is 1.81. The largest absolute Gasteiger partial charge is 0.430 e.